The number of ether oxygens (including phenoxy) is 1. The number of aromatic nitrogens is 1. The lowest BCUT2D eigenvalue weighted by Crippen LogP contribution is -2.11. The average molecular weight is 359 g/mol. The van der Waals surface area contributed by atoms with Gasteiger partial charge >= 0.3 is 0 Å². The van der Waals surface area contributed by atoms with Crippen molar-refractivity contribution < 1.29 is 9.53 Å². The summed E-state index contributed by atoms with van der Waals surface area (Å²) in [4.78, 5) is 17.9. The van der Waals surface area contributed by atoms with Gasteiger partial charge in [-0.1, -0.05) is 23.7 Å². The molecular formula is C18H15ClN2O2S. The fourth-order valence-corrected chi connectivity index (χ4v) is 3.19. The van der Waals surface area contributed by atoms with Gasteiger partial charge in [0.25, 0.3) is 5.91 Å². The van der Waals surface area contributed by atoms with Gasteiger partial charge in [-0.3, -0.25) is 10.1 Å². The fraction of sp³-hybridized carbons (Fsp3) is 0.111. The molecule has 3 rings (SSSR count). The largest absolute Gasteiger partial charge is 0.497 e. The standard InChI is InChI=1S/C18H15ClN2O2S/c1-11-16(12-3-7-14(19)8-4-12)20-18(24-11)21-17(22)13-5-9-15(23-2)10-6-13/h3-10H,1-2H3,(H,20,21,22). The van der Waals surface area contributed by atoms with E-state index in [9.17, 15) is 4.79 Å². The lowest BCUT2D eigenvalue weighted by atomic mass is 10.1. The summed E-state index contributed by atoms with van der Waals surface area (Å²) in [5.74, 6) is 0.510. The molecule has 24 heavy (non-hydrogen) atoms. The molecule has 0 atom stereocenters. The first-order chi connectivity index (χ1) is 11.6. The van der Waals surface area contributed by atoms with Gasteiger partial charge in [0.2, 0.25) is 0 Å². The second kappa shape index (κ2) is 7.03. The second-order valence-electron chi connectivity index (χ2n) is 5.11. The van der Waals surface area contributed by atoms with Crippen LogP contribution in [0.15, 0.2) is 48.5 Å². The van der Waals surface area contributed by atoms with Crippen molar-refractivity contribution in [3.05, 3.63) is 64.0 Å². The molecule has 4 nitrogen and oxygen atoms in total. The first-order valence-corrected chi connectivity index (χ1v) is 8.45. The summed E-state index contributed by atoms with van der Waals surface area (Å²) in [5.41, 5.74) is 2.37. The number of methoxy groups -OCH3 is 1. The van der Waals surface area contributed by atoms with Crippen molar-refractivity contribution in [2.75, 3.05) is 12.4 Å². The maximum absolute atomic E-state index is 12.3. The quantitative estimate of drug-likeness (QED) is 0.711. The molecule has 0 spiro atoms. The zero-order chi connectivity index (χ0) is 17.1. The van der Waals surface area contributed by atoms with Gasteiger partial charge in [0.1, 0.15) is 5.75 Å². The summed E-state index contributed by atoms with van der Waals surface area (Å²) in [6, 6.07) is 14.4. The Hall–Kier alpha value is -2.37. The first kappa shape index (κ1) is 16.5. The highest BCUT2D eigenvalue weighted by molar-refractivity contribution is 7.16. The predicted molar refractivity (Wildman–Crippen MR) is 98.2 cm³/mol. The van der Waals surface area contributed by atoms with Crippen LogP contribution in [-0.4, -0.2) is 18.0 Å². The molecule has 0 aliphatic rings. The van der Waals surface area contributed by atoms with Crippen LogP contribution in [0, 0.1) is 6.92 Å². The number of anilines is 1. The minimum atomic E-state index is -0.200. The van der Waals surface area contributed by atoms with Crippen LogP contribution in [0.25, 0.3) is 11.3 Å². The SMILES string of the molecule is COc1ccc(C(=O)Nc2nc(-c3ccc(Cl)cc3)c(C)s2)cc1. The molecule has 2 aromatic carbocycles. The normalized spacial score (nSPS) is 10.5. The zero-order valence-corrected chi connectivity index (χ0v) is 14.7. The fourth-order valence-electron chi connectivity index (χ4n) is 2.24. The van der Waals surface area contributed by atoms with Crippen LogP contribution in [0.2, 0.25) is 5.02 Å². The number of thiazole rings is 1. The maximum Gasteiger partial charge on any atom is 0.257 e. The number of hydrogen-bond acceptors (Lipinski definition) is 4. The lowest BCUT2D eigenvalue weighted by molar-refractivity contribution is 0.102. The molecule has 1 N–H and O–H groups in total. The van der Waals surface area contributed by atoms with Crippen LogP contribution in [0.4, 0.5) is 5.13 Å². The third-order valence-electron chi connectivity index (χ3n) is 3.49. The molecular weight excluding hydrogens is 344 g/mol. The van der Waals surface area contributed by atoms with Crippen molar-refractivity contribution >= 4 is 34.0 Å². The molecule has 0 aliphatic carbocycles. The number of benzene rings is 2. The summed E-state index contributed by atoms with van der Waals surface area (Å²) >= 11 is 7.36. The molecule has 0 radical (unpaired) electrons. The maximum atomic E-state index is 12.3. The molecule has 3 aromatic rings. The third kappa shape index (κ3) is 3.58. The molecule has 0 bridgehead atoms. The van der Waals surface area contributed by atoms with E-state index < -0.39 is 0 Å². The molecule has 6 heteroatoms. The Balaban J connectivity index is 1.79. The number of halogens is 1. The van der Waals surface area contributed by atoms with Crippen molar-refractivity contribution in [2.24, 2.45) is 0 Å². The second-order valence-corrected chi connectivity index (χ2v) is 6.75. The summed E-state index contributed by atoms with van der Waals surface area (Å²) in [6.45, 7) is 1.98. The van der Waals surface area contributed by atoms with E-state index in [1.807, 2.05) is 31.2 Å². The molecule has 0 fully saturated rings. The van der Waals surface area contributed by atoms with Crippen LogP contribution < -0.4 is 10.1 Å². The Morgan fingerprint density at radius 3 is 2.42 bits per heavy atom. The Morgan fingerprint density at radius 2 is 1.79 bits per heavy atom. The number of nitrogens with one attached hydrogen (secondary N) is 1. The third-order valence-corrected chi connectivity index (χ3v) is 4.63. The van der Waals surface area contributed by atoms with Crippen LogP contribution >= 0.6 is 22.9 Å². The summed E-state index contributed by atoms with van der Waals surface area (Å²) in [5, 5.41) is 4.09. The number of carbonyl (C=O) groups is 1. The van der Waals surface area contributed by atoms with Crippen LogP contribution in [-0.2, 0) is 0 Å². The van der Waals surface area contributed by atoms with Crippen LogP contribution in [0.3, 0.4) is 0 Å². The van der Waals surface area contributed by atoms with E-state index in [0.717, 1.165) is 16.1 Å². The number of carbonyl (C=O) groups excluding carboxylic acids is 1. The van der Waals surface area contributed by atoms with Crippen molar-refractivity contribution in [1.82, 2.24) is 4.98 Å². The van der Waals surface area contributed by atoms with Gasteiger partial charge in [-0.15, -0.1) is 11.3 Å². The molecule has 0 unspecified atom stereocenters. The number of aryl methyl sites for hydroxylation is 1. The van der Waals surface area contributed by atoms with Crippen molar-refractivity contribution in [3.63, 3.8) is 0 Å². The monoisotopic (exact) mass is 358 g/mol. The molecule has 0 saturated heterocycles. The van der Waals surface area contributed by atoms with Gasteiger partial charge in [0.15, 0.2) is 5.13 Å². The van der Waals surface area contributed by atoms with Crippen molar-refractivity contribution in [2.45, 2.75) is 6.92 Å². The summed E-state index contributed by atoms with van der Waals surface area (Å²) in [7, 11) is 1.59. The van der Waals surface area contributed by atoms with Crippen molar-refractivity contribution in [1.29, 1.82) is 0 Å². The van der Waals surface area contributed by atoms with Crippen molar-refractivity contribution in [3.8, 4) is 17.0 Å². The number of amides is 1. The van der Waals surface area contributed by atoms with E-state index in [4.69, 9.17) is 16.3 Å². The smallest absolute Gasteiger partial charge is 0.257 e. The summed E-state index contributed by atoms with van der Waals surface area (Å²) in [6.07, 6.45) is 0. The first-order valence-electron chi connectivity index (χ1n) is 7.25. The van der Waals surface area contributed by atoms with Gasteiger partial charge in [-0.05, 0) is 43.3 Å². The topological polar surface area (TPSA) is 51.2 Å². The molecule has 122 valence electrons. The van der Waals surface area contributed by atoms with E-state index in [1.54, 1.807) is 31.4 Å². The number of hydrogen-bond donors (Lipinski definition) is 1. The van der Waals surface area contributed by atoms with E-state index >= 15 is 0 Å². The Kier molecular flexibility index (Phi) is 4.83. The van der Waals surface area contributed by atoms with E-state index in [2.05, 4.69) is 10.3 Å². The molecule has 0 aliphatic heterocycles. The summed E-state index contributed by atoms with van der Waals surface area (Å²) < 4.78 is 5.09. The van der Waals surface area contributed by atoms with Gasteiger partial charge in [-0.2, -0.15) is 0 Å². The number of nitrogens with zero attached hydrogens (tertiary/aromatic N) is 1. The van der Waals surface area contributed by atoms with Gasteiger partial charge in [0.05, 0.1) is 12.8 Å². The molecule has 1 amide bonds. The van der Waals surface area contributed by atoms with Crippen LogP contribution in [0.1, 0.15) is 15.2 Å². The average Bonchev–Trinajstić information content (AvgIpc) is 2.96. The highest BCUT2D eigenvalue weighted by atomic mass is 35.5. The minimum Gasteiger partial charge on any atom is -0.497 e. The van der Waals surface area contributed by atoms with E-state index in [0.29, 0.717) is 21.5 Å². The Labute approximate surface area is 149 Å². The predicted octanol–water partition coefficient (Wildman–Crippen LogP) is 5.03. The van der Waals surface area contributed by atoms with E-state index in [1.165, 1.54) is 11.3 Å². The zero-order valence-electron chi connectivity index (χ0n) is 13.2. The molecule has 0 saturated carbocycles. The highest BCUT2D eigenvalue weighted by Crippen LogP contribution is 2.31. The van der Waals surface area contributed by atoms with Gasteiger partial charge < -0.3 is 4.74 Å². The van der Waals surface area contributed by atoms with Gasteiger partial charge in [0, 0.05) is 21.0 Å². The van der Waals surface area contributed by atoms with Crippen LogP contribution in [0.5, 0.6) is 5.75 Å². The number of rotatable bonds is 4. The van der Waals surface area contributed by atoms with E-state index in [-0.39, 0.29) is 5.91 Å². The molecule has 1 heterocycles. The highest BCUT2D eigenvalue weighted by Gasteiger charge is 2.13. The lowest BCUT2D eigenvalue weighted by Gasteiger charge is -2.03. The molecule has 1 aromatic heterocycles. The minimum absolute atomic E-state index is 0.200. The Morgan fingerprint density at radius 1 is 1.12 bits per heavy atom. The van der Waals surface area contributed by atoms with Gasteiger partial charge in [-0.25, -0.2) is 4.98 Å². The Bertz CT molecular complexity index is 858.